The van der Waals surface area contributed by atoms with E-state index in [4.69, 9.17) is 13.7 Å². The maximum atomic E-state index is 13.2. The highest BCUT2D eigenvalue weighted by molar-refractivity contribution is 7.87. The van der Waals surface area contributed by atoms with E-state index in [9.17, 15) is 18.0 Å². The van der Waals surface area contributed by atoms with Gasteiger partial charge < -0.3 is 13.7 Å². The van der Waals surface area contributed by atoms with Gasteiger partial charge in [0.25, 0.3) is 0 Å². The summed E-state index contributed by atoms with van der Waals surface area (Å²) in [6.45, 7) is 7.76. The van der Waals surface area contributed by atoms with Crippen molar-refractivity contribution in [1.82, 2.24) is 0 Å². The van der Waals surface area contributed by atoms with Crippen molar-refractivity contribution in [1.29, 1.82) is 0 Å². The third kappa shape index (κ3) is 5.17. The van der Waals surface area contributed by atoms with Crippen LogP contribution in [-0.2, 0) is 30.9 Å². The van der Waals surface area contributed by atoms with Gasteiger partial charge in [-0.15, -0.1) is 6.58 Å². The van der Waals surface area contributed by atoms with E-state index in [-0.39, 0.29) is 41.0 Å². The van der Waals surface area contributed by atoms with Crippen molar-refractivity contribution >= 4 is 21.7 Å². The van der Waals surface area contributed by atoms with Crippen molar-refractivity contribution < 1.29 is 31.7 Å². The lowest BCUT2D eigenvalue weighted by atomic mass is 9.73. The molecule has 0 fully saturated rings. The van der Waals surface area contributed by atoms with Gasteiger partial charge in [0.15, 0.2) is 23.1 Å². The second-order valence-electron chi connectivity index (χ2n) is 10.0. The number of benzene rings is 2. The van der Waals surface area contributed by atoms with Crippen LogP contribution < -0.4 is 8.92 Å². The van der Waals surface area contributed by atoms with E-state index in [1.807, 2.05) is 6.92 Å². The van der Waals surface area contributed by atoms with Gasteiger partial charge >= 0.3 is 10.1 Å². The summed E-state index contributed by atoms with van der Waals surface area (Å²) < 4.78 is 44.3. The SMILES string of the molecule is C=CCc1cc(C2C3=C(CCCC3=O)OC3=C2C(=O)CCC3)cc(OCC)c1OS(=O)(=O)c1ccc(C)cc1. The fourth-order valence-corrected chi connectivity index (χ4v) is 6.50. The van der Waals surface area contributed by atoms with Gasteiger partial charge in [0.2, 0.25) is 0 Å². The van der Waals surface area contributed by atoms with Gasteiger partial charge in [-0.2, -0.15) is 8.42 Å². The molecule has 5 rings (SSSR count). The van der Waals surface area contributed by atoms with E-state index in [0.29, 0.717) is 72.3 Å². The second-order valence-corrected chi connectivity index (χ2v) is 11.6. The lowest BCUT2D eigenvalue weighted by Gasteiger charge is -2.36. The molecule has 8 heteroatoms. The van der Waals surface area contributed by atoms with Crippen molar-refractivity contribution in [2.45, 2.75) is 69.6 Å². The Morgan fingerprint density at radius 2 is 1.59 bits per heavy atom. The molecule has 0 N–H and O–H groups in total. The number of aryl methyl sites for hydroxylation is 1. The highest BCUT2D eigenvalue weighted by Gasteiger charge is 2.42. The Bertz CT molecular complexity index is 1470. The van der Waals surface area contributed by atoms with E-state index < -0.39 is 16.0 Å². The minimum atomic E-state index is -4.17. The molecule has 2 aromatic carbocycles. The minimum Gasteiger partial charge on any atom is -0.490 e. The van der Waals surface area contributed by atoms with Gasteiger partial charge in [-0.3, -0.25) is 9.59 Å². The molecule has 0 amide bonds. The van der Waals surface area contributed by atoms with Crippen molar-refractivity contribution in [3.05, 3.63) is 88.4 Å². The standard InChI is InChI=1S/C31H32O7S/c1-4-8-20-17-21(18-27(36-5-2)31(20)38-39(34,35)22-15-13-19(3)14-16-22)28-29-23(32)9-6-11-25(29)37-26-12-7-10-24(33)30(26)28/h4,13-18,28H,1,5-12H2,2-3H3. The van der Waals surface area contributed by atoms with Gasteiger partial charge in [0, 0.05) is 48.3 Å². The molecule has 0 atom stereocenters. The number of rotatable bonds is 8. The molecule has 0 spiro atoms. The number of allylic oxidation sites excluding steroid dienone is 5. The number of hydrogen-bond acceptors (Lipinski definition) is 7. The summed E-state index contributed by atoms with van der Waals surface area (Å²) in [5.74, 6) is 0.903. The first kappa shape index (κ1) is 26.9. The zero-order chi connectivity index (χ0) is 27.7. The lowest BCUT2D eigenvalue weighted by Crippen LogP contribution is -2.30. The van der Waals surface area contributed by atoms with Crippen molar-refractivity contribution in [3.63, 3.8) is 0 Å². The number of ether oxygens (including phenoxy) is 2. The summed E-state index contributed by atoms with van der Waals surface area (Å²) >= 11 is 0. The Hall–Kier alpha value is -3.65. The fourth-order valence-electron chi connectivity index (χ4n) is 5.53. The van der Waals surface area contributed by atoms with Crippen LogP contribution in [0.15, 0.2) is 76.6 Å². The summed E-state index contributed by atoms with van der Waals surface area (Å²) in [5, 5.41) is 0. The Kier molecular flexibility index (Phi) is 7.49. The summed E-state index contributed by atoms with van der Waals surface area (Å²) in [7, 11) is -4.17. The van der Waals surface area contributed by atoms with Crippen LogP contribution in [0.5, 0.6) is 11.5 Å². The smallest absolute Gasteiger partial charge is 0.339 e. The average molecular weight is 549 g/mol. The molecule has 0 aromatic heterocycles. The highest BCUT2D eigenvalue weighted by atomic mass is 32.2. The number of carbonyl (C=O) groups excluding carboxylic acids is 2. The van der Waals surface area contributed by atoms with E-state index in [0.717, 1.165) is 5.56 Å². The molecule has 0 unspecified atom stereocenters. The van der Waals surface area contributed by atoms with Gasteiger partial charge in [-0.05, 0) is 56.9 Å². The molecule has 0 saturated carbocycles. The lowest BCUT2D eigenvalue weighted by molar-refractivity contribution is -0.117. The molecule has 0 radical (unpaired) electrons. The topological polar surface area (TPSA) is 96.0 Å². The largest absolute Gasteiger partial charge is 0.490 e. The Balaban J connectivity index is 1.67. The minimum absolute atomic E-state index is 0.0267. The van der Waals surface area contributed by atoms with Gasteiger partial charge in [-0.1, -0.05) is 29.8 Å². The van der Waals surface area contributed by atoms with Crippen LogP contribution in [0.4, 0.5) is 0 Å². The molecule has 39 heavy (non-hydrogen) atoms. The molecular formula is C31H32O7S. The van der Waals surface area contributed by atoms with Crippen molar-refractivity contribution in [3.8, 4) is 11.5 Å². The molecule has 0 bridgehead atoms. The quantitative estimate of drug-likeness (QED) is 0.294. The molecule has 204 valence electrons. The monoisotopic (exact) mass is 548 g/mol. The molecule has 2 aliphatic carbocycles. The maximum absolute atomic E-state index is 13.2. The zero-order valence-corrected chi connectivity index (χ0v) is 23.1. The van der Waals surface area contributed by atoms with Crippen LogP contribution in [0, 0.1) is 6.92 Å². The fraction of sp³-hybridized carbons (Fsp3) is 0.355. The third-order valence-corrected chi connectivity index (χ3v) is 8.53. The molecule has 1 heterocycles. The van der Waals surface area contributed by atoms with Gasteiger partial charge in [0.05, 0.1) is 6.61 Å². The van der Waals surface area contributed by atoms with Crippen LogP contribution in [-0.4, -0.2) is 26.6 Å². The third-order valence-electron chi connectivity index (χ3n) is 7.29. The zero-order valence-electron chi connectivity index (χ0n) is 22.2. The normalized spacial score (nSPS) is 17.9. The van der Waals surface area contributed by atoms with Crippen LogP contribution >= 0.6 is 0 Å². The molecule has 3 aliphatic rings. The predicted molar refractivity (Wildman–Crippen MR) is 146 cm³/mol. The average Bonchev–Trinajstić information content (AvgIpc) is 2.90. The van der Waals surface area contributed by atoms with Gasteiger partial charge in [-0.25, -0.2) is 0 Å². The number of carbonyl (C=O) groups is 2. The van der Waals surface area contributed by atoms with E-state index >= 15 is 0 Å². The molecule has 7 nitrogen and oxygen atoms in total. The Morgan fingerprint density at radius 1 is 0.974 bits per heavy atom. The van der Waals surface area contributed by atoms with E-state index in [1.165, 1.54) is 12.1 Å². The molecule has 1 aliphatic heterocycles. The predicted octanol–water partition coefficient (Wildman–Crippen LogP) is 6.02. The maximum Gasteiger partial charge on any atom is 0.339 e. The van der Waals surface area contributed by atoms with Crippen LogP contribution in [0.2, 0.25) is 0 Å². The van der Waals surface area contributed by atoms with E-state index in [2.05, 4.69) is 6.58 Å². The first-order valence-electron chi connectivity index (χ1n) is 13.4. The van der Waals surface area contributed by atoms with Crippen LogP contribution in [0.1, 0.15) is 68.1 Å². The first-order chi connectivity index (χ1) is 18.7. The van der Waals surface area contributed by atoms with E-state index in [1.54, 1.807) is 37.3 Å². The Labute approximate surface area is 229 Å². The number of Topliss-reactive ketones (excluding diaryl/α,β-unsaturated/α-hetero) is 2. The van der Waals surface area contributed by atoms with Gasteiger partial charge in [0.1, 0.15) is 16.4 Å². The number of ketones is 2. The van der Waals surface area contributed by atoms with Crippen molar-refractivity contribution in [2.24, 2.45) is 0 Å². The molecule has 2 aromatic rings. The number of hydrogen-bond donors (Lipinski definition) is 0. The summed E-state index contributed by atoms with van der Waals surface area (Å²) in [4.78, 5) is 26.5. The summed E-state index contributed by atoms with van der Waals surface area (Å²) in [6.07, 6.45) is 5.40. The second kappa shape index (κ2) is 10.8. The first-order valence-corrected chi connectivity index (χ1v) is 14.8. The molecular weight excluding hydrogens is 516 g/mol. The molecule has 0 saturated heterocycles. The van der Waals surface area contributed by atoms with Crippen molar-refractivity contribution in [2.75, 3.05) is 6.61 Å². The summed E-state index contributed by atoms with van der Waals surface area (Å²) in [5.41, 5.74) is 3.16. The summed E-state index contributed by atoms with van der Waals surface area (Å²) in [6, 6.07) is 9.92. The van der Waals surface area contributed by atoms with Crippen LogP contribution in [0.3, 0.4) is 0 Å². The van der Waals surface area contributed by atoms with Crippen LogP contribution in [0.25, 0.3) is 0 Å². The Morgan fingerprint density at radius 3 is 2.15 bits per heavy atom. The highest BCUT2D eigenvalue weighted by Crippen LogP contribution is 2.49.